The molecule has 2 aromatic rings. The maximum atomic E-state index is 5.17. The van der Waals surface area contributed by atoms with Crippen LogP contribution in [0.1, 0.15) is 18.4 Å². The summed E-state index contributed by atoms with van der Waals surface area (Å²) in [6.07, 6.45) is 4.32. The molecule has 0 radical (unpaired) electrons. The smallest absolute Gasteiger partial charge is 0.191 e. The third-order valence-corrected chi connectivity index (χ3v) is 5.29. The van der Waals surface area contributed by atoms with Crippen LogP contribution in [0, 0.1) is 5.92 Å². The highest BCUT2D eigenvalue weighted by Crippen LogP contribution is 2.17. The molecule has 27 heavy (non-hydrogen) atoms. The number of nitrogens with zero attached hydrogens (tertiary/aromatic N) is 3. The Bertz CT molecular complexity index is 735. The monoisotopic (exact) mass is 369 g/mol. The van der Waals surface area contributed by atoms with Crippen LogP contribution in [0.15, 0.2) is 41.5 Å². The predicted octanol–water partition coefficient (Wildman–Crippen LogP) is 2.26. The van der Waals surface area contributed by atoms with E-state index in [1.807, 2.05) is 25.4 Å². The first-order valence-electron chi connectivity index (χ1n) is 9.78. The van der Waals surface area contributed by atoms with Crippen molar-refractivity contribution >= 4 is 16.9 Å². The lowest BCUT2D eigenvalue weighted by Gasteiger charge is -2.32. The first kappa shape index (κ1) is 19.6. The summed E-state index contributed by atoms with van der Waals surface area (Å²) < 4.78 is 5.17. The van der Waals surface area contributed by atoms with Crippen molar-refractivity contribution in [3.63, 3.8) is 0 Å². The van der Waals surface area contributed by atoms with Crippen molar-refractivity contribution in [2.45, 2.75) is 19.4 Å². The number of hydrogen-bond donors (Lipinski definition) is 2. The van der Waals surface area contributed by atoms with E-state index in [-0.39, 0.29) is 0 Å². The fourth-order valence-electron chi connectivity index (χ4n) is 3.58. The molecule has 0 amide bonds. The highest BCUT2D eigenvalue weighted by atomic mass is 16.5. The van der Waals surface area contributed by atoms with Crippen LogP contribution in [0.2, 0.25) is 0 Å². The van der Waals surface area contributed by atoms with Gasteiger partial charge in [-0.05, 0) is 49.5 Å². The van der Waals surface area contributed by atoms with E-state index >= 15 is 0 Å². The molecule has 146 valence electrons. The Balaban J connectivity index is 1.45. The van der Waals surface area contributed by atoms with Crippen LogP contribution in [0.3, 0.4) is 0 Å². The molecule has 0 aliphatic carbocycles. The van der Waals surface area contributed by atoms with E-state index in [1.165, 1.54) is 23.8 Å². The van der Waals surface area contributed by atoms with Gasteiger partial charge >= 0.3 is 0 Å². The Morgan fingerprint density at radius 2 is 2.04 bits per heavy atom. The Morgan fingerprint density at radius 1 is 1.22 bits per heavy atom. The van der Waals surface area contributed by atoms with Gasteiger partial charge in [0.1, 0.15) is 0 Å². The number of likely N-dealkylation sites (tertiary alicyclic amines) is 1. The van der Waals surface area contributed by atoms with Crippen molar-refractivity contribution in [1.29, 1.82) is 0 Å². The molecule has 2 heterocycles. The number of para-hydroxylation sites is 1. The summed E-state index contributed by atoms with van der Waals surface area (Å²) in [7, 11) is 3.59. The molecule has 2 N–H and O–H groups in total. The van der Waals surface area contributed by atoms with Gasteiger partial charge in [-0.15, -0.1) is 0 Å². The van der Waals surface area contributed by atoms with Crippen LogP contribution in [0.25, 0.3) is 10.9 Å². The molecule has 3 rings (SSSR count). The number of fused-ring (bicyclic) bond motifs is 1. The van der Waals surface area contributed by atoms with Gasteiger partial charge in [0, 0.05) is 45.4 Å². The molecule has 0 spiro atoms. The van der Waals surface area contributed by atoms with Gasteiger partial charge in [0.05, 0.1) is 12.1 Å². The molecule has 1 aliphatic heterocycles. The lowest BCUT2D eigenvalue weighted by molar-refractivity contribution is 0.121. The van der Waals surface area contributed by atoms with Gasteiger partial charge in [-0.1, -0.05) is 18.2 Å². The van der Waals surface area contributed by atoms with Gasteiger partial charge in [0.25, 0.3) is 0 Å². The molecule has 0 saturated carbocycles. The number of aromatic nitrogens is 1. The van der Waals surface area contributed by atoms with E-state index in [1.54, 1.807) is 7.11 Å². The number of ether oxygens (including phenoxy) is 1. The topological polar surface area (TPSA) is 61.8 Å². The number of nitrogens with one attached hydrogen (secondary N) is 2. The highest BCUT2D eigenvalue weighted by molar-refractivity contribution is 5.83. The lowest BCUT2D eigenvalue weighted by Crippen LogP contribution is -2.43. The number of pyridine rings is 1. The molecule has 6 nitrogen and oxygen atoms in total. The van der Waals surface area contributed by atoms with Gasteiger partial charge in [0.15, 0.2) is 5.96 Å². The van der Waals surface area contributed by atoms with E-state index in [0.29, 0.717) is 5.92 Å². The molecule has 0 bridgehead atoms. The summed E-state index contributed by atoms with van der Waals surface area (Å²) in [6, 6.07) is 10.3. The summed E-state index contributed by atoms with van der Waals surface area (Å²) in [4.78, 5) is 11.3. The lowest BCUT2D eigenvalue weighted by atomic mass is 9.97. The molecule has 1 aromatic carbocycles. The molecule has 1 aliphatic rings. The van der Waals surface area contributed by atoms with Gasteiger partial charge in [-0.25, -0.2) is 0 Å². The van der Waals surface area contributed by atoms with E-state index < -0.39 is 0 Å². The number of hydrogen-bond acceptors (Lipinski definition) is 4. The van der Waals surface area contributed by atoms with Crippen LogP contribution < -0.4 is 10.6 Å². The highest BCUT2D eigenvalue weighted by Gasteiger charge is 2.19. The minimum absolute atomic E-state index is 0.698. The minimum atomic E-state index is 0.698. The molecular weight excluding hydrogens is 338 g/mol. The van der Waals surface area contributed by atoms with Crippen molar-refractivity contribution in [3.8, 4) is 0 Å². The second-order valence-corrected chi connectivity index (χ2v) is 7.07. The van der Waals surface area contributed by atoms with E-state index in [4.69, 9.17) is 4.74 Å². The second-order valence-electron chi connectivity index (χ2n) is 7.07. The normalized spacial score (nSPS) is 16.6. The second kappa shape index (κ2) is 10.2. The standard InChI is InChI=1S/C21H31N5O/c1-22-21(24-15-17-8-11-26(12-9-17)13-14-27-2)25-16-18-7-10-23-20-6-4-3-5-19(18)20/h3-7,10,17H,8-9,11-16H2,1-2H3,(H2,22,24,25). The zero-order valence-corrected chi connectivity index (χ0v) is 16.4. The third kappa shape index (κ3) is 5.65. The molecule has 0 atom stereocenters. The summed E-state index contributed by atoms with van der Waals surface area (Å²) in [5, 5.41) is 8.12. The molecule has 6 heteroatoms. The van der Waals surface area contributed by atoms with Crippen molar-refractivity contribution in [2.75, 3.05) is 46.9 Å². The molecule has 1 fully saturated rings. The molecule has 0 unspecified atom stereocenters. The summed E-state index contributed by atoms with van der Waals surface area (Å²) >= 11 is 0. The minimum Gasteiger partial charge on any atom is -0.383 e. The van der Waals surface area contributed by atoms with E-state index in [9.17, 15) is 0 Å². The van der Waals surface area contributed by atoms with E-state index in [2.05, 4.69) is 43.7 Å². The largest absolute Gasteiger partial charge is 0.383 e. The van der Waals surface area contributed by atoms with Crippen LogP contribution >= 0.6 is 0 Å². The third-order valence-electron chi connectivity index (χ3n) is 5.29. The Morgan fingerprint density at radius 3 is 2.81 bits per heavy atom. The molecular formula is C21H31N5O. The Kier molecular flexibility index (Phi) is 7.42. The number of guanidine groups is 1. The van der Waals surface area contributed by atoms with Crippen LogP contribution in [-0.2, 0) is 11.3 Å². The number of piperidine rings is 1. The van der Waals surface area contributed by atoms with Gasteiger partial charge in [-0.3, -0.25) is 9.98 Å². The first-order chi connectivity index (χ1) is 13.3. The van der Waals surface area contributed by atoms with Crippen LogP contribution in [0.4, 0.5) is 0 Å². The van der Waals surface area contributed by atoms with Crippen molar-refractivity contribution < 1.29 is 4.74 Å². The number of methoxy groups -OCH3 is 1. The SMILES string of the molecule is CN=C(NCc1ccnc2ccccc12)NCC1CCN(CCOC)CC1. The summed E-state index contributed by atoms with van der Waals surface area (Å²) in [6.45, 7) is 5.88. The van der Waals surface area contributed by atoms with Crippen LogP contribution in [0.5, 0.6) is 0 Å². The summed E-state index contributed by atoms with van der Waals surface area (Å²) in [5.74, 6) is 1.56. The fourth-order valence-corrected chi connectivity index (χ4v) is 3.58. The molecule has 1 aromatic heterocycles. The maximum Gasteiger partial charge on any atom is 0.191 e. The first-order valence-corrected chi connectivity index (χ1v) is 9.78. The molecule has 1 saturated heterocycles. The quantitative estimate of drug-likeness (QED) is 0.579. The van der Waals surface area contributed by atoms with Crippen molar-refractivity contribution in [1.82, 2.24) is 20.5 Å². The zero-order valence-electron chi connectivity index (χ0n) is 16.4. The zero-order chi connectivity index (χ0) is 18.9. The average molecular weight is 370 g/mol. The number of rotatable bonds is 7. The van der Waals surface area contributed by atoms with Crippen LogP contribution in [-0.4, -0.2) is 62.8 Å². The van der Waals surface area contributed by atoms with Gasteiger partial charge in [-0.2, -0.15) is 0 Å². The van der Waals surface area contributed by atoms with Crippen molar-refractivity contribution in [2.24, 2.45) is 10.9 Å². The van der Waals surface area contributed by atoms with Gasteiger partial charge < -0.3 is 20.3 Å². The van der Waals surface area contributed by atoms with Crippen molar-refractivity contribution in [3.05, 3.63) is 42.1 Å². The predicted molar refractivity (Wildman–Crippen MR) is 111 cm³/mol. The average Bonchev–Trinajstić information content (AvgIpc) is 2.73. The Hall–Kier alpha value is -2.18. The Labute approximate surface area is 162 Å². The van der Waals surface area contributed by atoms with Gasteiger partial charge in [0.2, 0.25) is 0 Å². The van der Waals surface area contributed by atoms with E-state index in [0.717, 1.165) is 50.8 Å². The fraction of sp³-hybridized carbons (Fsp3) is 0.524. The summed E-state index contributed by atoms with van der Waals surface area (Å²) in [5.41, 5.74) is 2.26. The maximum absolute atomic E-state index is 5.17. The number of benzene rings is 1. The number of aliphatic imine (C=N–C) groups is 1.